The van der Waals surface area contributed by atoms with Gasteiger partial charge in [0.15, 0.2) is 0 Å². The van der Waals surface area contributed by atoms with Gasteiger partial charge in [0.2, 0.25) is 5.91 Å². The van der Waals surface area contributed by atoms with Gasteiger partial charge >= 0.3 is 12.2 Å². The second-order valence-electron chi connectivity index (χ2n) is 7.31. The molecule has 2 fully saturated rings. The fraction of sp³-hybridized carbons (Fsp3) is 0.579. The smallest absolute Gasteiger partial charge is 0.369 e. The number of halogens is 3. The van der Waals surface area contributed by atoms with Gasteiger partial charge in [-0.05, 0) is 31.0 Å². The first-order chi connectivity index (χ1) is 13.3. The second kappa shape index (κ2) is 8.81. The van der Waals surface area contributed by atoms with Crippen molar-refractivity contribution in [2.75, 3.05) is 37.6 Å². The number of benzene rings is 1. The first-order valence-corrected chi connectivity index (χ1v) is 9.56. The molecule has 0 unspecified atom stereocenters. The summed E-state index contributed by atoms with van der Waals surface area (Å²) in [6.07, 6.45) is -0.294. The Morgan fingerprint density at radius 1 is 1.07 bits per heavy atom. The summed E-state index contributed by atoms with van der Waals surface area (Å²) in [5.74, 6) is -0.372. The number of nitrogens with zero attached hydrogens (tertiary/aromatic N) is 2. The molecule has 0 bridgehead atoms. The van der Waals surface area contributed by atoms with Gasteiger partial charge in [0.25, 0.3) is 0 Å². The maximum atomic E-state index is 12.9. The van der Waals surface area contributed by atoms with Crippen LogP contribution < -0.4 is 15.5 Å². The molecular formula is C19H25F3N4O2. The first-order valence-electron chi connectivity index (χ1n) is 9.56. The Labute approximate surface area is 162 Å². The van der Waals surface area contributed by atoms with E-state index in [1.54, 1.807) is 6.07 Å². The standard InChI is InChI=1S/C19H25F3N4O2/c20-19(21,22)14-4-3-7-16(12-14)26-10-8-25(9-11-26)13-17(27)24-18(28)23-15-5-1-2-6-15/h3-4,7,12,15H,1-2,5-6,8-11,13H2,(H2,23,24,27,28). The molecule has 1 aromatic rings. The van der Waals surface area contributed by atoms with Crippen molar-refractivity contribution in [3.05, 3.63) is 29.8 Å². The molecule has 0 atom stereocenters. The molecule has 0 aromatic heterocycles. The number of imide groups is 1. The predicted molar refractivity (Wildman–Crippen MR) is 99.0 cm³/mol. The van der Waals surface area contributed by atoms with Gasteiger partial charge in [-0.15, -0.1) is 0 Å². The Kier molecular flexibility index (Phi) is 6.43. The first kappa shape index (κ1) is 20.4. The van der Waals surface area contributed by atoms with E-state index < -0.39 is 17.8 Å². The normalized spacial score (nSPS) is 18.9. The van der Waals surface area contributed by atoms with Crippen LogP contribution in [0.5, 0.6) is 0 Å². The summed E-state index contributed by atoms with van der Waals surface area (Å²) in [7, 11) is 0. The predicted octanol–water partition coefficient (Wildman–Crippen LogP) is 2.60. The van der Waals surface area contributed by atoms with Crippen LogP contribution in [0.15, 0.2) is 24.3 Å². The summed E-state index contributed by atoms with van der Waals surface area (Å²) in [6, 6.07) is 4.95. The Balaban J connectivity index is 1.43. The molecule has 3 amide bonds. The molecule has 9 heteroatoms. The average molecular weight is 398 g/mol. The molecule has 0 radical (unpaired) electrons. The van der Waals surface area contributed by atoms with Crippen molar-refractivity contribution in [2.45, 2.75) is 37.9 Å². The number of piperazine rings is 1. The lowest BCUT2D eigenvalue weighted by Crippen LogP contribution is -2.51. The third-order valence-corrected chi connectivity index (χ3v) is 5.22. The maximum absolute atomic E-state index is 12.9. The van der Waals surface area contributed by atoms with Crippen molar-refractivity contribution >= 4 is 17.6 Å². The zero-order chi connectivity index (χ0) is 20.1. The van der Waals surface area contributed by atoms with E-state index in [4.69, 9.17) is 0 Å². The highest BCUT2D eigenvalue weighted by molar-refractivity contribution is 5.95. The SMILES string of the molecule is O=C(CN1CCN(c2cccc(C(F)(F)F)c2)CC1)NC(=O)NC1CCCC1. The summed E-state index contributed by atoms with van der Waals surface area (Å²) in [5, 5.41) is 5.16. The molecule has 3 rings (SSSR count). The number of nitrogens with one attached hydrogen (secondary N) is 2. The molecule has 2 aliphatic rings. The molecule has 2 N–H and O–H groups in total. The molecule has 1 aliphatic heterocycles. The number of carbonyl (C=O) groups is 2. The Bertz CT molecular complexity index is 697. The number of anilines is 1. The van der Waals surface area contributed by atoms with Crippen molar-refractivity contribution in [3.63, 3.8) is 0 Å². The third-order valence-electron chi connectivity index (χ3n) is 5.22. The summed E-state index contributed by atoms with van der Waals surface area (Å²) in [4.78, 5) is 27.7. The molecule has 1 heterocycles. The van der Waals surface area contributed by atoms with Gasteiger partial charge in [0.1, 0.15) is 0 Å². The fourth-order valence-corrected chi connectivity index (χ4v) is 3.70. The Morgan fingerprint density at radius 2 is 1.75 bits per heavy atom. The molecule has 1 aromatic carbocycles. The van der Waals surface area contributed by atoms with Crippen LogP contribution >= 0.6 is 0 Å². The van der Waals surface area contributed by atoms with Gasteiger partial charge in [-0.2, -0.15) is 13.2 Å². The van der Waals surface area contributed by atoms with E-state index in [2.05, 4.69) is 10.6 Å². The maximum Gasteiger partial charge on any atom is 0.416 e. The Morgan fingerprint density at radius 3 is 2.39 bits per heavy atom. The molecule has 6 nitrogen and oxygen atoms in total. The number of urea groups is 1. The quantitative estimate of drug-likeness (QED) is 0.819. The number of rotatable bonds is 4. The third kappa shape index (κ3) is 5.60. The molecule has 1 saturated carbocycles. The monoisotopic (exact) mass is 398 g/mol. The number of hydrogen-bond donors (Lipinski definition) is 2. The Hall–Kier alpha value is -2.29. The van der Waals surface area contributed by atoms with E-state index in [-0.39, 0.29) is 18.5 Å². The molecule has 1 aliphatic carbocycles. The van der Waals surface area contributed by atoms with Crippen molar-refractivity contribution < 1.29 is 22.8 Å². The lowest BCUT2D eigenvalue weighted by molar-refractivity contribution is -0.137. The summed E-state index contributed by atoms with van der Waals surface area (Å²) < 4.78 is 38.6. The second-order valence-corrected chi connectivity index (χ2v) is 7.31. The zero-order valence-corrected chi connectivity index (χ0v) is 15.6. The van der Waals surface area contributed by atoms with E-state index in [1.165, 1.54) is 6.07 Å². The van der Waals surface area contributed by atoms with Crippen LogP contribution in [0.3, 0.4) is 0 Å². The van der Waals surface area contributed by atoms with Crippen LogP contribution in [0.2, 0.25) is 0 Å². The van der Waals surface area contributed by atoms with E-state index in [0.717, 1.165) is 37.8 Å². The highest BCUT2D eigenvalue weighted by atomic mass is 19.4. The minimum absolute atomic E-state index is 0.0918. The molecule has 154 valence electrons. The molecule has 0 spiro atoms. The van der Waals surface area contributed by atoms with Crippen LogP contribution in [-0.2, 0) is 11.0 Å². The highest BCUT2D eigenvalue weighted by Crippen LogP contribution is 2.31. The minimum Gasteiger partial charge on any atom is -0.369 e. The average Bonchev–Trinajstić information content (AvgIpc) is 3.14. The highest BCUT2D eigenvalue weighted by Gasteiger charge is 2.31. The van der Waals surface area contributed by atoms with Gasteiger partial charge in [0, 0.05) is 37.9 Å². The van der Waals surface area contributed by atoms with E-state index in [1.807, 2.05) is 9.80 Å². The van der Waals surface area contributed by atoms with Crippen LogP contribution in [0.25, 0.3) is 0 Å². The van der Waals surface area contributed by atoms with Crippen LogP contribution in [0.4, 0.5) is 23.7 Å². The number of carbonyl (C=O) groups excluding carboxylic acids is 2. The van der Waals surface area contributed by atoms with Gasteiger partial charge in [-0.25, -0.2) is 4.79 Å². The van der Waals surface area contributed by atoms with Gasteiger partial charge in [-0.1, -0.05) is 18.9 Å². The van der Waals surface area contributed by atoms with Crippen LogP contribution in [0, 0.1) is 0 Å². The van der Waals surface area contributed by atoms with Crippen molar-refractivity contribution in [2.24, 2.45) is 0 Å². The number of amides is 3. The lowest BCUT2D eigenvalue weighted by Gasteiger charge is -2.35. The van der Waals surface area contributed by atoms with Gasteiger partial charge in [0.05, 0.1) is 12.1 Å². The van der Waals surface area contributed by atoms with Crippen LogP contribution in [0.1, 0.15) is 31.2 Å². The van der Waals surface area contributed by atoms with Crippen molar-refractivity contribution in [3.8, 4) is 0 Å². The van der Waals surface area contributed by atoms with Gasteiger partial charge < -0.3 is 10.2 Å². The van der Waals surface area contributed by atoms with Crippen molar-refractivity contribution in [1.82, 2.24) is 15.5 Å². The van der Waals surface area contributed by atoms with E-state index >= 15 is 0 Å². The summed E-state index contributed by atoms with van der Waals surface area (Å²) >= 11 is 0. The van der Waals surface area contributed by atoms with Gasteiger partial charge in [-0.3, -0.25) is 15.0 Å². The molecule has 1 saturated heterocycles. The van der Waals surface area contributed by atoms with E-state index in [0.29, 0.717) is 31.9 Å². The largest absolute Gasteiger partial charge is 0.416 e. The number of hydrogen-bond acceptors (Lipinski definition) is 4. The fourth-order valence-electron chi connectivity index (χ4n) is 3.70. The topological polar surface area (TPSA) is 64.7 Å². The zero-order valence-electron chi connectivity index (χ0n) is 15.6. The van der Waals surface area contributed by atoms with Crippen LogP contribution in [-0.4, -0.2) is 55.6 Å². The molecular weight excluding hydrogens is 373 g/mol. The summed E-state index contributed by atoms with van der Waals surface area (Å²) in [6.45, 7) is 2.20. The number of alkyl halides is 3. The van der Waals surface area contributed by atoms with E-state index in [9.17, 15) is 22.8 Å². The molecule has 28 heavy (non-hydrogen) atoms. The minimum atomic E-state index is -4.37. The summed E-state index contributed by atoms with van der Waals surface area (Å²) in [5.41, 5.74) is -0.144. The lowest BCUT2D eigenvalue weighted by atomic mass is 10.1. The van der Waals surface area contributed by atoms with Crippen molar-refractivity contribution in [1.29, 1.82) is 0 Å².